The highest BCUT2D eigenvalue weighted by Gasteiger charge is 2.14. The number of benzene rings is 1. The number of carbonyl (C=O) groups excluding carboxylic acids is 1. The van der Waals surface area contributed by atoms with Crippen LogP contribution in [0.15, 0.2) is 42.5 Å². The Hall–Kier alpha value is -1.91. The summed E-state index contributed by atoms with van der Waals surface area (Å²) >= 11 is 7.53. The first-order valence-corrected chi connectivity index (χ1v) is 10.3. The number of carbonyl (C=O) groups is 1. The first-order valence-electron chi connectivity index (χ1n) is 9.12. The zero-order valence-electron chi connectivity index (χ0n) is 14.9. The van der Waals surface area contributed by atoms with Gasteiger partial charge in [-0.1, -0.05) is 62.4 Å². The zero-order chi connectivity index (χ0) is 18.4. The van der Waals surface area contributed by atoms with E-state index >= 15 is 0 Å². The maximum atomic E-state index is 12.8. The molecule has 0 aliphatic heterocycles. The van der Waals surface area contributed by atoms with Gasteiger partial charge in [0.1, 0.15) is 0 Å². The highest BCUT2D eigenvalue weighted by molar-refractivity contribution is 7.19. The van der Waals surface area contributed by atoms with Gasteiger partial charge in [0, 0.05) is 11.9 Å². The summed E-state index contributed by atoms with van der Waals surface area (Å²) in [6.45, 7) is 2.91. The van der Waals surface area contributed by atoms with Crippen LogP contribution in [0.25, 0.3) is 21.5 Å². The van der Waals surface area contributed by atoms with Crippen molar-refractivity contribution in [3.05, 3.63) is 52.4 Å². The number of thiophene rings is 1. The van der Waals surface area contributed by atoms with E-state index in [0.717, 1.165) is 34.3 Å². The third kappa shape index (κ3) is 4.63. The van der Waals surface area contributed by atoms with E-state index in [9.17, 15) is 4.79 Å². The number of unbranched alkanes of at least 4 members (excludes halogenated alkanes) is 4. The standard InChI is InChI=1S/C21H23ClN2OS/c1-2-3-4-5-8-13-23-21(25)16-14-18(19-11-12-20(22)26-19)24-17-10-7-6-9-15(16)17/h6-7,9-12,14H,2-5,8,13H2,1H3,(H,23,25). The van der Waals surface area contributed by atoms with Gasteiger partial charge >= 0.3 is 0 Å². The number of nitrogens with one attached hydrogen (secondary N) is 1. The number of fused-ring (bicyclic) bond motifs is 1. The van der Waals surface area contributed by atoms with Crippen LogP contribution in [-0.4, -0.2) is 17.4 Å². The molecule has 5 heteroatoms. The number of hydrogen-bond donors (Lipinski definition) is 1. The van der Waals surface area contributed by atoms with Gasteiger partial charge in [-0.3, -0.25) is 4.79 Å². The van der Waals surface area contributed by atoms with Crippen molar-refractivity contribution >= 4 is 39.7 Å². The van der Waals surface area contributed by atoms with Crippen molar-refractivity contribution in [1.29, 1.82) is 0 Å². The molecule has 0 saturated heterocycles. The Bertz CT molecular complexity index is 891. The van der Waals surface area contributed by atoms with Crippen LogP contribution < -0.4 is 5.32 Å². The molecule has 26 heavy (non-hydrogen) atoms. The minimum atomic E-state index is -0.0389. The van der Waals surface area contributed by atoms with Gasteiger partial charge in [-0.2, -0.15) is 0 Å². The molecule has 1 N–H and O–H groups in total. The molecule has 0 radical (unpaired) electrons. The Balaban J connectivity index is 1.80. The topological polar surface area (TPSA) is 42.0 Å². The predicted molar refractivity (Wildman–Crippen MR) is 111 cm³/mol. The average molecular weight is 387 g/mol. The lowest BCUT2D eigenvalue weighted by Crippen LogP contribution is -2.24. The lowest BCUT2D eigenvalue weighted by molar-refractivity contribution is 0.0954. The number of rotatable bonds is 8. The molecule has 3 rings (SSSR count). The Morgan fingerprint density at radius 3 is 2.69 bits per heavy atom. The summed E-state index contributed by atoms with van der Waals surface area (Å²) in [5.74, 6) is -0.0389. The summed E-state index contributed by atoms with van der Waals surface area (Å²) in [6.07, 6.45) is 5.89. The molecule has 0 bridgehead atoms. The minimum Gasteiger partial charge on any atom is -0.352 e. The normalized spacial score (nSPS) is 11.0. The third-order valence-electron chi connectivity index (χ3n) is 4.35. The summed E-state index contributed by atoms with van der Waals surface area (Å²) in [5.41, 5.74) is 2.28. The van der Waals surface area contributed by atoms with Crippen molar-refractivity contribution in [2.75, 3.05) is 6.54 Å². The van der Waals surface area contributed by atoms with Crippen LogP contribution in [0.5, 0.6) is 0 Å². The number of halogens is 1. The molecular weight excluding hydrogens is 364 g/mol. The van der Waals surface area contributed by atoms with Gasteiger partial charge in [-0.25, -0.2) is 4.98 Å². The van der Waals surface area contributed by atoms with Crippen LogP contribution in [-0.2, 0) is 0 Å². The fourth-order valence-electron chi connectivity index (χ4n) is 2.97. The van der Waals surface area contributed by atoms with Crippen molar-refractivity contribution in [1.82, 2.24) is 10.3 Å². The molecule has 2 heterocycles. The molecule has 0 aliphatic carbocycles. The van der Waals surface area contributed by atoms with Crippen molar-refractivity contribution in [2.24, 2.45) is 0 Å². The summed E-state index contributed by atoms with van der Waals surface area (Å²) in [6, 6.07) is 13.4. The molecule has 0 saturated carbocycles. The molecule has 1 aromatic carbocycles. The minimum absolute atomic E-state index is 0.0389. The first-order chi connectivity index (χ1) is 12.7. The molecule has 3 aromatic rings. The van der Waals surface area contributed by atoms with Crippen LogP contribution in [0, 0.1) is 0 Å². The van der Waals surface area contributed by atoms with Gasteiger partial charge in [0.15, 0.2) is 0 Å². The maximum absolute atomic E-state index is 12.8. The number of para-hydroxylation sites is 1. The van der Waals surface area contributed by atoms with E-state index < -0.39 is 0 Å². The second-order valence-electron chi connectivity index (χ2n) is 6.35. The van der Waals surface area contributed by atoms with Crippen molar-refractivity contribution < 1.29 is 4.79 Å². The SMILES string of the molecule is CCCCCCCNC(=O)c1cc(-c2ccc(Cl)s2)nc2ccccc12. The number of aromatic nitrogens is 1. The predicted octanol–water partition coefficient (Wildman–Crippen LogP) is 6.32. The highest BCUT2D eigenvalue weighted by atomic mass is 35.5. The van der Waals surface area contributed by atoms with Crippen LogP contribution >= 0.6 is 22.9 Å². The van der Waals surface area contributed by atoms with Gasteiger partial charge < -0.3 is 5.32 Å². The summed E-state index contributed by atoms with van der Waals surface area (Å²) in [5, 5.41) is 3.94. The molecule has 0 unspecified atom stereocenters. The fraction of sp³-hybridized carbons (Fsp3) is 0.333. The Morgan fingerprint density at radius 1 is 1.12 bits per heavy atom. The van der Waals surface area contributed by atoms with Crippen molar-refractivity contribution in [3.8, 4) is 10.6 Å². The van der Waals surface area contributed by atoms with Crippen LogP contribution in [0.1, 0.15) is 49.4 Å². The van der Waals surface area contributed by atoms with Gasteiger partial charge in [0.05, 0.1) is 26.0 Å². The van der Waals surface area contributed by atoms with Crippen LogP contribution in [0.4, 0.5) is 0 Å². The molecule has 0 spiro atoms. The molecule has 136 valence electrons. The Labute approximate surface area is 163 Å². The molecule has 0 fully saturated rings. The molecular formula is C21H23ClN2OS. The summed E-state index contributed by atoms with van der Waals surface area (Å²) in [7, 11) is 0. The van der Waals surface area contributed by atoms with E-state index in [-0.39, 0.29) is 5.91 Å². The second kappa shape index (κ2) is 9.15. The second-order valence-corrected chi connectivity index (χ2v) is 8.06. The van der Waals surface area contributed by atoms with Crippen molar-refractivity contribution in [3.63, 3.8) is 0 Å². The number of hydrogen-bond acceptors (Lipinski definition) is 3. The summed E-state index contributed by atoms with van der Waals surface area (Å²) in [4.78, 5) is 18.4. The molecule has 0 atom stereocenters. The monoisotopic (exact) mass is 386 g/mol. The maximum Gasteiger partial charge on any atom is 0.252 e. The average Bonchev–Trinajstić information content (AvgIpc) is 3.10. The quantitative estimate of drug-likeness (QED) is 0.460. The van der Waals surface area contributed by atoms with Gasteiger partial charge in [-0.05, 0) is 30.7 Å². The Kier molecular flexibility index (Phi) is 6.64. The molecule has 0 aliphatic rings. The lowest BCUT2D eigenvalue weighted by Gasteiger charge is -2.10. The Morgan fingerprint density at radius 2 is 1.92 bits per heavy atom. The fourth-order valence-corrected chi connectivity index (χ4v) is 3.97. The van der Waals surface area contributed by atoms with Crippen LogP contribution in [0.2, 0.25) is 4.34 Å². The third-order valence-corrected chi connectivity index (χ3v) is 5.61. The molecule has 1 amide bonds. The largest absolute Gasteiger partial charge is 0.352 e. The number of amides is 1. The zero-order valence-corrected chi connectivity index (χ0v) is 16.5. The first kappa shape index (κ1) is 18.9. The van der Waals surface area contributed by atoms with Crippen molar-refractivity contribution in [2.45, 2.75) is 39.0 Å². The molecule has 2 aromatic heterocycles. The van der Waals surface area contributed by atoms with E-state index in [1.165, 1.54) is 30.6 Å². The number of nitrogens with zero attached hydrogens (tertiary/aromatic N) is 1. The van der Waals surface area contributed by atoms with Gasteiger partial charge in [-0.15, -0.1) is 11.3 Å². The van der Waals surface area contributed by atoms with E-state index in [1.807, 2.05) is 42.5 Å². The smallest absolute Gasteiger partial charge is 0.252 e. The van der Waals surface area contributed by atoms with E-state index in [1.54, 1.807) is 0 Å². The highest BCUT2D eigenvalue weighted by Crippen LogP contribution is 2.32. The van der Waals surface area contributed by atoms with Gasteiger partial charge in [0.2, 0.25) is 0 Å². The van der Waals surface area contributed by atoms with E-state index in [2.05, 4.69) is 12.2 Å². The van der Waals surface area contributed by atoms with Crippen LogP contribution in [0.3, 0.4) is 0 Å². The van der Waals surface area contributed by atoms with E-state index in [0.29, 0.717) is 16.4 Å². The van der Waals surface area contributed by atoms with Gasteiger partial charge in [0.25, 0.3) is 5.91 Å². The molecule has 3 nitrogen and oxygen atoms in total. The summed E-state index contributed by atoms with van der Waals surface area (Å²) < 4.78 is 0.716. The lowest BCUT2D eigenvalue weighted by atomic mass is 10.1. The van der Waals surface area contributed by atoms with E-state index in [4.69, 9.17) is 16.6 Å². The number of pyridine rings is 1.